The van der Waals surface area contributed by atoms with E-state index in [1.807, 2.05) is 18.7 Å². The van der Waals surface area contributed by atoms with Crippen molar-refractivity contribution in [3.8, 4) is 0 Å². The molecule has 0 aromatic carbocycles. The summed E-state index contributed by atoms with van der Waals surface area (Å²) >= 11 is 0. The third-order valence-corrected chi connectivity index (χ3v) is 6.38. The topological polar surface area (TPSA) is 84.3 Å². The van der Waals surface area contributed by atoms with Crippen LogP contribution in [-0.2, 0) is 14.8 Å². The van der Waals surface area contributed by atoms with Crippen LogP contribution in [0.5, 0.6) is 0 Å². The monoisotopic (exact) mass is 354 g/mol. The van der Waals surface area contributed by atoms with Gasteiger partial charge in [-0.25, -0.2) is 13.1 Å². The SMILES string of the molecule is CC(C)n1nccc1S(=O)(=O)NC[C@@H]1CC(=O)N(C2CCCC2)C1. The summed E-state index contributed by atoms with van der Waals surface area (Å²) in [6.45, 7) is 4.73. The fraction of sp³-hybridized carbons (Fsp3) is 0.750. The van der Waals surface area contributed by atoms with Crippen LogP contribution >= 0.6 is 0 Å². The van der Waals surface area contributed by atoms with Gasteiger partial charge in [0, 0.05) is 31.6 Å². The van der Waals surface area contributed by atoms with Crippen LogP contribution in [0.4, 0.5) is 0 Å². The van der Waals surface area contributed by atoms with Crippen molar-refractivity contribution < 1.29 is 13.2 Å². The Kier molecular flexibility index (Phi) is 4.96. The zero-order valence-electron chi connectivity index (χ0n) is 14.3. The molecule has 0 radical (unpaired) electrons. The largest absolute Gasteiger partial charge is 0.339 e. The van der Waals surface area contributed by atoms with E-state index in [-0.39, 0.29) is 22.9 Å². The molecule has 134 valence electrons. The lowest BCUT2D eigenvalue weighted by molar-refractivity contribution is -0.129. The maximum atomic E-state index is 12.5. The van der Waals surface area contributed by atoms with Crippen molar-refractivity contribution in [3.63, 3.8) is 0 Å². The van der Waals surface area contributed by atoms with E-state index < -0.39 is 10.0 Å². The van der Waals surface area contributed by atoms with E-state index in [4.69, 9.17) is 0 Å². The average molecular weight is 354 g/mol. The fourth-order valence-electron chi connectivity index (χ4n) is 3.72. The van der Waals surface area contributed by atoms with E-state index in [1.165, 1.54) is 29.8 Å². The van der Waals surface area contributed by atoms with Gasteiger partial charge < -0.3 is 4.90 Å². The minimum Gasteiger partial charge on any atom is -0.339 e. The van der Waals surface area contributed by atoms with E-state index in [0.29, 0.717) is 25.6 Å². The minimum atomic E-state index is -3.61. The van der Waals surface area contributed by atoms with Gasteiger partial charge in [0.05, 0.1) is 6.20 Å². The highest BCUT2D eigenvalue weighted by Gasteiger charge is 2.36. The van der Waals surface area contributed by atoms with Crippen molar-refractivity contribution in [1.82, 2.24) is 19.4 Å². The van der Waals surface area contributed by atoms with Crippen molar-refractivity contribution in [3.05, 3.63) is 12.3 Å². The molecule has 1 aliphatic heterocycles. The van der Waals surface area contributed by atoms with E-state index in [1.54, 1.807) is 0 Å². The molecule has 1 aromatic heterocycles. The molecule has 1 aliphatic carbocycles. The van der Waals surface area contributed by atoms with Crippen molar-refractivity contribution in [2.24, 2.45) is 5.92 Å². The maximum Gasteiger partial charge on any atom is 0.257 e. The molecule has 8 heteroatoms. The Labute approximate surface area is 143 Å². The Bertz CT molecular complexity index is 692. The van der Waals surface area contributed by atoms with Gasteiger partial charge >= 0.3 is 0 Å². The molecule has 0 bridgehead atoms. The molecule has 1 amide bonds. The van der Waals surface area contributed by atoms with Gasteiger partial charge in [-0.3, -0.25) is 9.48 Å². The lowest BCUT2D eigenvalue weighted by atomic mass is 10.1. The van der Waals surface area contributed by atoms with Gasteiger partial charge in [0.25, 0.3) is 10.0 Å². The summed E-state index contributed by atoms with van der Waals surface area (Å²) < 4.78 is 29.2. The number of aromatic nitrogens is 2. The first-order chi connectivity index (χ1) is 11.4. The number of hydrogen-bond acceptors (Lipinski definition) is 4. The summed E-state index contributed by atoms with van der Waals surface area (Å²) in [5.41, 5.74) is 0. The molecular formula is C16H26N4O3S. The van der Waals surface area contributed by atoms with Gasteiger partial charge in [-0.15, -0.1) is 0 Å². The number of carbonyl (C=O) groups is 1. The first kappa shape index (κ1) is 17.4. The fourth-order valence-corrected chi connectivity index (χ4v) is 5.07. The van der Waals surface area contributed by atoms with Crippen LogP contribution in [0.25, 0.3) is 0 Å². The quantitative estimate of drug-likeness (QED) is 0.840. The van der Waals surface area contributed by atoms with Gasteiger partial charge in [-0.1, -0.05) is 12.8 Å². The Balaban J connectivity index is 1.61. The standard InChI is InChI=1S/C16H26N4O3S/c1-12(2)20-16(7-8-17-20)24(22,23)18-10-13-9-15(21)19(11-13)14-5-3-4-6-14/h7-8,12-14,18H,3-6,9-11H2,1-2H3/t13-/m0/s1. The number of nitrogens with zero attached hydrogens (tertiary/aromatic N) is 3. The molecule has 1 saturated heterocycles. The van der Waals surface area contributed by atoms with E-state index in [9.17, 15) is 13.2 Å². The number of likely N-dealkylation sites (tertiary alicyclic amines) is 1. The summed E-state index contributed by atoms with van der Waals surface area (Å²) in [4.78, 5) is 14.2. The molecular weight excluding hydrogens is 328 g/mol. The third-order valence-electron chi connectivity index (χ3n) is 4.96. The number of amides is 1. The summed E-state index contributed by atoms with van der Waals surface area (Å²) in [6.07, 6.45) is 6.46. The highest BCUT2D eigenvalue weighted by molar-refractivity contribution is 7.89. The summed E-state index contributed by atoms with van der Waals surface area (Å²) in [7, 11) is -3.61. The zero-order chi connectivity index (χ0) is 17.3. The van der Waals surface area contributed by atoms with Gasteiger partial charge in [-0.05, 0) is 38.7 Å². The van der Waals surface area contributed by atoms with Crippen molar-refractivity contribution >= 4 is 15.9 Å². The molecule has 1 aromatic rings. The second-order valence-electron chi connectivity index (χ2n) is 7.11. The van der Waals surface area contributed by atoms with Crippen LogP contribution in [0, 0.1) is 5.92 Å². The van der Waals surface area contributed by atoms with Crippen LogP contribution < -0.4 is 4.72 Å². The first-order valence-corrected chi connectivity index (χ1v) is 10.2. The zero-order valence-corrected chi connectivity index (χ0v) is 15.1. The Hall–Kier alpha value is -1.41. The summed E-state index contributed by atoms with van der Waals surface area (Å²) in [6, 6.07) is 1.84. The predicted molar refractivity (Wildman–Crippen MR) is 89.9 cm³/mol. The molecule has 2 fully saturated rings. The van der Waals surface area contributed by atoms with Crippen LogP contribution in [-0.4, -0.2) is 48.1 Å². The second kappa shape index (κ2) is 6.84. The summed E-state index contributed by atoms with van der Waals surface area (Å²) in [5.74, 6) is 0.210. The van der Waals surface area contributed by atoms with E-state index >= 15 is 0 Å². The molecule has 2 heterocycles. The lowest BCUT2D eigenvalue weighted by Crippen LogP contribution is -2.36. The molecule has 24 heavy (non-hydrogen) atoms. The van der Waals surface area contributed by atoms with Gasteiger partial charge in [0.1, 0.15) is 0 Å². The number of rotatable bonds is 6. The molecule has 1 atom stereocenters. The van der Waals surface area contributed by atoms with E-state index in [2.05, 4.69) is 9.82 Å². The predicted octanol–water partition coefficient (Wildman–Crippen LogP) is 1.53. The van der Waals surface area contributed by atoms with Gasteiger partial charge in [0.2, 0.25) is 5.91 Å². The minimum absolute atomic E-state index is 0.0301. The molecule has 0 spiro atoms. The Morgan fingerprint density at radius 2 is 2.04 bits per heavy atom. The molecule has 0 unspecified atom stereocenters. The van der Waals surface area contributed by atoms with E-state index in [0.717, 1.165) is 12.8 Å². The van der Waals surface area contributed by atoms with Gasteiger partial charge in [-0.2, -0.15) is 5.10 Å². The number of sulfonamides is 1. The molecule has 1 saturated carbocycles. The first-order valence-electron chi connectivity index (χ1n) is 8.71. The molecule has 7 nitrogen and oxygen atoms in total. The van der Waals surface area contributed by atoms with Crippen molar-refractivity contribution in [1.29, 1.82) is 0 Å². The Morgan fingerprint density at radius 1 is 1.33 bits per heavy atom. The van der Waals surface area contributed by atoms with Crippen LogP contribution in [0.2, 0.25) is 0 Å². The number of nitrogens with one attached hydrogen (secondary N) is 1. The lowest BCUT2D eigenvalue weighted by Gasteiger charge is -2.24. The van der Waals surface area contributed by atoms with Crippen LogP contribution in [0.15, 0.2) is 17.3 Å². The average Bonchev–Trinajstić information content (AvgIpc) is 3.25. The molecule has 2 aliphatic rings. The van der Waals surface area contributed by atoms with Crippen molar-refractivity contribution in [2.75, 3.05) is 13.1 Å². The molecule has 3 rings (SSSR count). The summed E-state index contributed by atoms with van der Waals surface area (Å²) in [5, 5.41) is 4.25. The highest BCUT2D eigenvalue weighted by Crippen LogP contribution is 2.29. The number of carbonyl (C=O) groups excluding carboxylic acids is 1. The maximum absolute atomic E-state index is 12.5. The Morgan fingerprint density at radius 3 is 2.71 bits per heavy atom. The van der Waals surface area contributed by atoms with Crippen LogP contribution in [0.3, 0.4) is 0 Å². The van der Waals surface area contributed by atoms with Crippen molar-refractivity contribution in [2.45, 2.75) is 63.1 Å². The second-order valence-corrected chi connectivity index (χ2v) is 8.83. The number of hydrogen-bond donors (Lipinski definition) is 1. The normalized spacial score (nSPS) is 22.9. The van der Waals surface area contributed by atoms with Crippen LogP contribution in [0.1, 0.15) is 52.0 Å². The third kappa shape index (κ3) is 3.49. The van der Waals surface area contributed by atoms with Gasteiger partial charge in [0.15, 0.2) is 5.03 Å². The smallest absolute Gasteiger partial charge is 0.257 e. The highest BCUT2D eigenvalue weighted by atomic mass is 32.2. The molecule has 1 N–H and O–H groups in total.